The fourth-order valence-corrected chi connectivity index (χ4v) is 3.47. The van der Waals surface area contributed by atoms with Gasteiger partial charge in [-0.3, -0.25) is 0 Å². The molecular weight excluding hydrogens is 310 g/mol. The molecule has 3 nitrogen and oxygen atoms in total. The zero-order chi connectivity index (χ0) is 17.4. The molecule has 1 aliphatic rings. The van der Waals surface area contributed by atoms with Crippen molar-refractivity contribution >= 4 is 0 Å². The van der Waals surface area contributed by atoms with Crippen molar-refractivity contribution < 1.29 is 9.47 Å². The maximum atomic E-state index is 5.64. The summed E-state index contributed by atoms with van der Waals surface area (Å²) in [7, 11) is 0. The molecule has 2 aromatic rings. The van der Waals surface area contributed by atoms with Crippen LogP contribution >= 0.6 is 0 Å². The van der Waals surface area contributed by atoms with Gasteiger partial charge >= 0.3 is 0 Å². The van der Waals surface area contributed by atoms with Gasteiger partial charge in [-0.05, 0) is 24.5 Å². The fraction of sp³-hybridized carbons (Fsp3) is 0.364. The molecule has 1 fully saturated rings. The molecule has 0 aromatic heterocycles. The lowest BCUT2D eigenvalue weighted by Crippen LogP contribution is -2.42. The summed E-state index contributed by atoms with van der Waals surface area (Å²) in [5.41, 5.74) is 2.66. The highest BCUT2D eigenvalue weighted by Crippen LogP contribution is 2.34. The van der Waals surface area contributed by atoms with Gasteiger partial charge in [0.05, 0.1) is 0 Å². The Morgan fingerprint density at radius 2 is 1.76 bits per heavy atom. The van der Waals surface area contributed by atoms with Crippen LogP contribution in [0.25, 0.3) is 0 Å². The van der Waals surface area contributed by atoms with E-state index in [-0.39, 0.29) is 5.41 Å². The van der Waals surface area contributed by atoms with Crippen molar-refractivity contribution in [2.24, 2.45) is 0 Å². The third-order valence-corrected chi connectivity index (χ3v) is 4.90. The summed E-state index contributed by atoms with van der Waals surface area (Å²) in [5.74, 6) is 3.38. The van der Waals surface area contributed by atoms with E-state index in [1.807, 2.05) is 18.2 Å². The Labute approximate surface area is 150 Å². The Morgan fingerprint density at radius 3 is 2.52 bits per heavy atom. The van der Waals surface area contributed by atoms with Crippen LogP contribution in [0, 0.1) is 12.3 Å². The van der Waals surface area contributed by atoms with Crippen LogP contribution in [0.2, 0.25) is 0 Å². The Morgan fingerprint density at radius 1 is 1.04 bits per heavy atom. The third-order valence-electron chi connectivity index (χ3n) is 4.90. The molecule has 0 atom stereocenters. The minimum absolute atomic E-state index is 0.133. The van der Waals surface area contributed by atoms with Gasteiger partial charge in [-0.1, -0.05) is 54.5 Å². The van der Waals surface area contributed by atoms with Crippen molar-refractivity contribution in [1.82, 2.24) is 5.32 Å². The highest BCUT2D eigenvalue weighted by Gasteiger charge is 2.33. The fourth-order valence-electron chi connectivity index (χ4n) is 3.47. The van der Waals surface area contributed by atoms with Gasteiger partial charge in [-0.2, -0.15) is 0 Å². The summed E-state index contributed by atoms with van der Waals surface area (Å²) in [6, 6.07) is 18.8. The molecule has 0 unspecified atom stereocenters. The first-order valence-corrected chi connectivity index (χ1v) is 8.82. The number of rotatable bonds is 7. The zero-order valence-electron chi connectivity index (χ0n) is 14.5. The predicted octanol–water partition coefficient (Wildman–Crippen LogP) is 3.54. The van der Waals surface area contributed by atoms with Crippen LogP contribution in [0.3, 0.4) is 0 Å². The van der Waals surface area contributed by atoms with E-state index in [1.54, 1.807) is 0 Å². The molecule has 1 aliphatic heterocycles. The van der Waals surface area contributed by atoms with Crippen molar-refractivity contribution in [3.8, 4) is 18.1 Å². The van der Waals surface area contributed by atoms with Crippen molar-refractivity contribution in [3.63, 3.8) is 0 Å². The number of para-hydroxylation sites is 1. The van der Waals surface area contributed by atoms with Crippen LogP contribution in [0.1, 0.15) is 24.0 Å². The molecule has 0 spiro atoms. The maximum absolute atomic E-state index is 5.64. The van der Waals surface area contributed by atoms with Gasteiger partial charge < -0.3 is 14.8 Å². The van der Waals surface area contributed by atoms with E-state index in [2.05, 4.69) is 47.6 Å². The Bertz CT molecular complexity index is 699. The minimum atomic E-state index is 0.133. The lowest BCUT2D eigenvalue weighted by atomic mass is 9.74. The average Bonchev–Trinajstić information content (AvgIpc) is 2.69. The second-order valence-corrected chi connectivity index (χ2v) is 6.46. The molecule has 3 heteroatoms. The van der Waals surface area contributed by atoms with E-state index in [0.717, 1.165) is 50.5 Å². The van der Waals surface area contributed by atoms with Gasteiger partial charge in [-0.25, -0.2) is 0 Å². The molecule has 0 aliphatic carbocycles. The van der Waals surface area contributed by atoms with Crippen LogP contribution in [0.15, 0.2) is 54.6 Å². The molecule has 0 radical (unpaired) electrons. The van der Waals surface area contributed by atoms with Crippen molar-refractivity contribution in [2.45, 2.75) is 24.8 Å². The Hall–Kier alpha value is -2.28. The number of benzene rings is 2. The zero-order valence-corrected chi connectivity index (χ0v) is 14.5. The summed E-state index contributed by atoms with van der Waals surface area (Å²) in [4.78, 5) is 0. The summed E-state index contributed by atoms with van der Waals surface area (Å²) < 4.78 is 11.3. The van der Waals surface area contributed by atoms with Gasteiger partial charge in [0.2, 0.25) is 0 Å². The van der Waals surface area contributed by atoms with Crippen molar-refractivity contribution in [3.05, 3.63) is 65.7 Å². The monoisotopic (exact) mass is 335 g/mol. The Balaban J connectivity index is 1.68. The van der Waals surface area contributed by atoms with E-state index in [4.69, 9.17) is 15.9 Å². The largest absolute Gasteiger partial charge is 0.481 e. The molecular formula is C22H25NO2. The number of hydrogen-bond donors (Lipinski definition) is 1. The molecule has 1 heterocycles. The standard InChI is InChI=1S/C22H25NO2/c1-2-14-25-21-11-7-6-8-19(21)17-23-18-22(12-15-24-16-13-22)20-9-4-3-5-10-20/h1,3-11,23H,12-18H2. The summed E-state index contributed by atoms with van der Waals surface area (Å²) in [5, 5.41) is 3.64. The van der Waals surface area contributed by atoms with E-state index in [0.29, 0.717) is 6.61 Å². The quantitative estimate of drug-likeness (QED) is 0.785. The molecule has 1 saturated heterocycles. The van der Waals surface area contributed by atoms with Gasteiger partial charge in [0.15, 0.2) is 0 Å². The molecule has 130 valence electrons. The topological polar surface area (TPSA) is 30.5 Å². The maximum Gasteiger partial charge on any atom is 0.148 e. The van der Waals surface area contributed by atoms with Gasteiger partial charge in [0.1, 0.15) is 12.4 Å². The number of ether oxygens (including phenoxy) is 2. The SMILES string of the molecule is C#CCOc1ccccc1CNCC1(c2ccccc2)CCOCC1. The normalized spacial score (nSPS) is 16.1. The van der Waals surface area contributed by atoms with Crippen LogP contribution < -0.4 is 10.1 Å². The number of terminal acetylenes is 1. The second kappa shape index (κ2) is 8.71. The molecule has 3 rings (SSSR count). The molecule has 0 amide bonds. The van der Waals surface area contributed by atoms with E-state index < -0.39 is 0 Å². The van der Waals surface area contributed by atoms with Crippen LogP contribution in [-0.4, -0.2) is 26.4 Å². The molecule has 0 bridgehead atoms. The van der Waals surface area contributed by atoms with Gasteiger partial charge in [0, 0.05) is 37.3 Å². The van der Waals surface area contributed by atoms with E-state index in [9.17, 15) is 0 Å². The summed E-state index contributed by atoms with van der Waals surface area (Å²) >= 11 is 0. The minimum Gasteiger partial charge on any atom is -0.481 e. The Kier molecular flexibility index (Phi) is 6.11. The van der Waals surface area contributed by atoms with E-state index >= 15 is 0 Å². The van der Waals surface area contributed by atoms with E-state index in [1.165, 1.54) is 5.56 Å². The average molecular weight is 335 g/mol. The smallest absolute Gasteiger partial charge is 0.148 e. The molecule has 25 heavy (non-hydrogen) atoms. The third kappa shape index (κ3) is 4.42. The predicted molar refractivity (Wildman–Crippen MR) is 101 cm³/mol. The number of nitrogens with one attached hydrogen (secondary N) is 1. The lowest BCUT2D eigenvalue weighted by molar-refractivity contribution is 0.0497. The van der Waals surface area contributed by atoms with Crippen LogP contribution in [0.5, 0.6) is 5.75 Å². The van der Waals surface area contributed by atoms with Crippen LogP contribution in [-0.2, 0) is 16.7 Å². The molecule has 1 N–H and O–H groups in total. The van der Waals surface area contributed by atoms with Crippen LogP contribution in [0.4, 0.5) is 0 Å². The number of hydrogen-bond acceptors (Lipinski definition) is 3. The first-order valence-electron chi connectivity index (χ1n) is 8.82. The first kappa shape index (κ1) is 17.5. The van der Waals surface area contributed by atoms with Gasteiger partial charge in [-0.15, -0.1) is 6.42 Å². The molecule has 2 aromatic carbocycles. The summed E-state index contributed by atoms with van der Waals surface area (Å²) in [6.07, 6.45) is 7.39. The highest BCUT2D eigenvalue weighted by atomic mass is 16.5. The first-order chi connectivity index (χ1) is 12.3. The van der Waals surface area contributed by atoms with Crippen molar-refractivity contribution in [1.29, 1.82) is 0 Å². The summed E-state index contributed by atoms with van der Waals surface area (Å²) in [6.45, 7) is 3.61. The highest BCUT2D eigenvalue weighted by molar-refractivity contribution is 5.34. The second-order valence-electron chi connectivity index (χ2n) is 6.46. The molecule has 0 saturated carbocycles. The van der Waals surface area contributed by atoms with Gasteiger partial charge in [0.25, 0.3) is 0 Å². The van der Waals surface area contributed by atoms with Crippen molar-refractivity contribution in [2.75, 3.05) is 26.4 Å². The lowest BCUT2D eigenvalue weighted by Gasteiger charge is -2.38.